The van der Waals surface area contributed by atoms with Crippen LogP contribution in [0.1, 0.15) is 31.7 Å². The summed E-state index contributed by atoms with van der Waals surface area (Å²) in [5.41, 5.74) is 1.04. The van der Waals surface area contributed by atoms with Crippen molar-refractivity contribution in [1.82, 2.24) is 10.2 Å². The lowest BCUT2D eigenvalue weighted by Gasteiger charge is -2.31. The molecule has 1 saturated heterocycles. The lowest BCUT2D eigenvalue weighted by Crippen LogP contribution is -2.48. The zero-order valence-corrected chi connectivity index (χ0v) is 11.2. The van der Waals surface area contributed by atoms with Crippen molar-refractivity contribution in [2.75, 3.05) is 13.6 Å². The van der Waals surface area contributed by atoms with E-state index in [0.29, 0.717) is 12.5 Å². The quantitative estimate of drug-likeness (QED) is 0.889. The number of hydrogen-bond donors (Lipinski definition) is 1. The highest BCUT2D eigenvalue weighted by molar-refractivity contribution is 5.81. The fraction of sp³-hybridized carbons (Fsp3) is 0.643. The molecule has 0 aliphatic carbocycles. The summed E-state index contributed by atoms with van der Waals surface area (Å²) in [4.78, 5) is 14.1. The van der Waals surface area contributed by atoms with Crippen molar-refractivity contribution in [2.24, 2.45) is 5.92 Å². The lowest BCUT2D eigenvalue weighted by molar-refractivity contribution is -0.133. The van der Waals surface area contributed by atoms with Gasteiger partial charge < -0.3 is 14.6 Å². The van der Waals surface area contributed by atoms with Crippen LogP contribution in [0.2, 0.25) is 0 Å². The topological polar surface area (TPSA) is 45.5 Å². The van der Waals surface area contributed by atoms with Gasteiger partial charge in [0, 0.05) is 19.2 Å². The molecule has 0 bridgehead atoms. The van der Waals surface area contributed by atoms with Crippen molar-refractivity contribution < 1.29 is 9.21 Å². The second kappa shape index (κ2) is 6.05. The highest BCUT2D eigenvalue weighted by Gasteiger charge is 2.27. The average Bonchev–Trinajstić information content (AvgIpc) is 2.90. The van der Waals surface area contributed by atoms with E-state index in [-0.39, 0.29) is 11.9 Å². The Morgan fingerprint density at radius 2 is 2.44 bits per heavy atom. The normalized spacial score (nSPS) is 23.9. The summed E-state index contributed by atoms with van der Waals surface area (Å²) in [5.74, 6) is 0.872. The van der Waals surface area contributed by atoms with E-state index in [2.05, 4.69) is 12.2 Å². The number of hydrogen-bond acceptors (Lipinski definition) is 3. The van der Waals surface area contributed by atoms with E-state index < -0.39 is 0 Å². The second-order valence-corrected chi connectivity index (χ2v) is 5.13. The number of nitrogens with one attached hydrogen (secondary N) is 1. The van der Waals surface area contributed by atoms with Crippen LogP contribution in [0.5, 0.6) is 0 Å². The maximum atomic E-state index is 12.3. The Bertz CT molecular complexity index is 375. The zero-order valence-electron chi connectivity index (χ0n) is 11.2. The van der Waals surface area contributed by atoms with Gasteiger partial charge in [0.05, 0.1) is 18.6 Å². The largest absolute Gasteiger partial charge is 0.472 e. The summed E-state index contributed by atoms with van der Waals surface area (Å²) < 4.78 is 5.02. The molecule has 2 heterocycles. The van der Waals surface area contributed by atoms with Crippen LogP contribution < -0.4 is 5.32 Å². The SMILES string of the molecule is CCC1CCNC(C(=O)N(C)Cc2ccoc2)C1. The van der Waals surface area contributed by atoms with Crippen molar-refractivity contribution in [3.8, 4) is 0 Å². The number of rotatable bonds is 4. The summed E-state index contributed by atoms with van der Waals surface area (Å²) in [6.07, 6.45) is 6.64. The molecule has 4 heteroatoms. The molecule has 1 aliphatic heterocycles. The Kier molecular flexibility index (Phi) is 4.42. The third-order valence-electron chi connectivity index (χ3n) is 3.76. The monoisotopic (exact) mass is 250 g/mol. The molecule has 1 aliphatic rings. The van der Waals surface area contributed by atoms with Crippen molar-refractivity contribution >= 4 is 5.91 Å². The van der Waals surface area contributed by atoms with Gasteiger partial charge in [0.15, 0.2) is 0 Å². The van der Waals surface area contributed by atoms with E-state index in [4.69, 9.17) is 4.42 Å². The molecule has 0 spiro atoms. The number of amides is 1. The van der Waals surface area contributed by atoms with E-state index in [0.717, 1.165) is 24.9 Å². The maximum Gasteiger partial charge on any atom is 0.239 e. The predicted molar refractivity (Wildman–Crippen MR) is 70.0 cm³/mol. The van der Waals surface area contributed by atoms with E-state index >= 15 is 0 Å². The molecule has 0 aromatic carbocycles. The van der Waals surface area contributed by atoms with Gasteiger partial charge in [0.25, 0.3) is 0 Å². The Morgan fingerprint density at radius 1 is 1.61 bits per heavy atom. The van der Waals surface area contributed by atoms with Gasteiger partial charge in [-0.1, -0.05) is 13.3 Å². The van der Waals surface area contributed by atoms with Crippen LogP contribution in [0.3, 0.4) is 0 Å². The Labute approximate surface area is 108 Å². The molecule has 2 rings (SSSR count). The highest BCUT2D eigenvalue weighted by Crippen LogP contribution is 2.20. The van der Waals surface area contributed by atoms with Gasteiger partial charge in [-0.25, -0.2) is 0 Å². The first-order chi connectivity index (χ1) is 8.70. The summed E-state index contributed by atoms with van der Waals surface area (Å²) in [6, 6.07) is 1.88. The fourth-order valence-corrected chi connectivity index (χ4v) is 2.56. The molecule has 2 unspecified atom stereocenters. The Hall–Kier alpha value is -1.29. The van der Waals surface area contributed by atoms with Crippen molar-refractivity contribution in [1.29, 1.82) is 0 Å². The van der Waals surface area contributed by atoms with Crippen molar-refractivity contribution in [3.63, 3.8) is 0 Å². The Balaban J connectivity index is 1.89. The smallest absolute Gasteiger partial charge is 0.239 e. The maximum absolute atomic E-state index is 12.3. The summed E-state index contributed by atoms with van der Waals surface area (Å²) in [6.45, 7) is 3.77. The molecule has 1 N–H and O–H groups in total. The van der Waals surface area contributed by atoms with E-state index in [9.17, 15) is 4.79 Å². The number of piperidine rings is 1. The van der Waals surface area contributed by atoms with Gasteiger partial charge in [0.1, 0.15) is 0 Å². The van der Waals surface area contributed by atoms with E-state index in [1.165, 1.54) is 6.42 Å². The number of carbonyl (C=O) groups excluding carboxylic acids is 1. The lowest BCUT2D eigenvalue weighted by atomic mass is 9.90. The molecule has 0 radical (unpaired) electrons. The van der Waals surface area contributed by atoms with Crippen LogP contribution in [0.4, 0.5) is 0 Å². The van der Waals surface area contributed by atoms with E-state index in [1.54, 1.807) is 17.4 Å². The summed E-state index contributed by atoms with van der Waals surface area (Å²) in [7, 11) is 1.85. The number of furan rings is 1. The molecule has 1 aromatic heterocycles. The van der Waals surface area contributed by atoms with Gasteiger partial charge >= 0.3 is 0 Å². The van der Waals surface area contributed by atoms with Gasteiger partial charge in [0.2, 0.25) is 5.91 Å². The van der Waals surface area contributed by atoms with Gasteiger partial charge in [-0.05, 0) is 31.4 Å². The molecular weight excluding hydrogens is 228 g/mol. The van der Waals surface area contributed by atoms with Gasteiger partial charge in [-0.3, -0.25) is 4.79 Å². The first kappa shape index (κ1) is 13.1. The van der Waals surface area contributed by atoms with Crippen LogP contribution in [-0.4, -0.2) is 30.4 Å². The Morgan fingerprint density at radius 3 is 3.11 bits per heavy atom. The molecular formula is C14H22N2O2. The molecule has 100 valence electrons. The van der Waals surface area contributed by atoms with Crippen LogP contribution in [0.15, 0.2) is 23.0 Å². The number of carbonyl (C=O) groups is 1. The standard InChI is InChI=1S/C14H22N2O2/c1-3-11-4-6-15-13(8-11)14(17)16(2)9-12-5-7-18-10-12/h5,7,10-11,13,15H,3-4,6,8-9H2,1-2H3. The number of likely N-dealkylation sites (N-methyl/N-ethyl adjacent to an activating group) is 1. The minimum absolute atomic E-state index is 0.0133. The summed E-state index contributed by atoms with van der Waals surface area (Å²) >= 11 is 0. The fourth-order valence-electron chi connectivity index (χ4n) is 2.56. The highest BCUT2D eigenvalue weighted by atomic mass is 16.3. The molecule has 0 saturated carbocycles. The van der Waals surface area contributed by atoms with Crippen molar-refractivity contribution in [2.45, 2.75) is 38.8 Å². The predicted octanol–water partition coefficient (Wildman–Crippen LogP) is 2.02. The average molecular weight is 250 g/mol. The van der Waals surface area contributed by atoms with Gasteiger partial charge in [-0.15, -0.1) is 0 Å². The number of nitrogens with zero attached hydrogens (tertiary/aromatic N) is 1. The minimum Gasteiger partial charge on any atom is -0.472 e. The van der Waals surface area contributed by atoms with Crippen LogP contribution in [0.25, 0.3) is 0 Å². The molecule has 18 heavy (non-hydrogen) atoms. The minimum atomic E-state index is -0.0133. The van der Waals surface area contributed by atoms with Crippen LogP contribution >= 0.6 is 0 Å². The first-order valence-corrected chi connectivity index (χ1v) is 6.70. The van der Waals surface area contributed by atoms with Gasteiger partial charge in [-0.2, -0.15) is 0 Å². The molecule has 1 amide bonds. The molecule has 2 atom stereocenters. The molecule has 4 nitrogen and oxygen atoms in total. The molecule has 1 fully saturated rings. The van der Waals surface area contributed by atoms with Crippen molar-refractivity contribution in [3.05, 3.63) is 24.2 Å². The third kappa shape index (κ3) is 3.13. The van der Waals surface area contributed by atoms with E-state index in [1.807, 2.05) is 13.1 Å². The second-order valence-electron chi connectivity index (χ2n) is 5.13. The van der Waals surface area contributed by atoms with Crippen LogP contribution in [0, 0.1) is 5.92 Å². The zero-order chi connectivity index (χ0) is 13.0. The summed E-state index contributed by atoms with van der Waals surface area (Å²) in [5, 5.41) is 3.33. The first-order valence-electron chi connectivity index (χ1n) is 6.70. The third-order valence-corrected chi connectivity index (χ3v) is 3.76. The van der Waals surface area contributed by atoms with Crippen LogP contribution in [-0.2, 0) is 11.3 Å². The molecule has 1 aromatic rings.